The van der Waals surface area contributed by atoms with Crippen molar-refractivity contribution in [1.82, 2.24) is 15.5 Å². The Labute approximate surface area is 208 Å². The van der Waals surface area contributed by atoms with Gasteiger partial charge in [-0.15, -0.1) is 0 Å². The predicted molar refractivity (Wildman–Crippen MR) is 136 cm³/mol. The number of rotatable bonds is 7. The first-order valence-corrected chi connectivity index (χ1v) is 12.6. The van der Waals surface area contributed by atoms with Crippen LogP contribution in [0.3, 0.4) is 0 Å². The molecular weight excluding hydrogens is 442 g/mol. The SMILES string of the molecule is CC[C@H](C)[C@@H](NC(=O)N1CCc2cc(OC)c(OC)cc2C1)C(=O)N[C@H]1CCCc2ccccc21. The molecule has 0 unspecified atom stereocenters. The van der Waals surface area contributed by atoms with Crippen LogP contribution >= 0.6 is 0 Å². The van der Waals surface area contributed by atoms with E-state index >= 15 is 0 Å². The van der Waals surface area contributed by atoms with E-state index in [2.05, 4.69) is 22.8 Å². The number of hydrogen-bond acceptors (Lipinski definition) is 4. The largest absolute Gasteiger partial charge is 0.493 e. The van der Waals surface area contributed by atoms with Crippen molar-refractivity contribution in [2.24, 2.45) is 5.92 Å². The molecule has 2 aromatic carbocycles. The van der Waals surface area contributed by atoms with E-state index in [-0.39, 0.29) is 23.9 Å². The molecule has 3 amide bonds. The summed E-state index contributed by atoms with van der Waals surface area (Å²) in [5, 5.41) is 6.29. The van der Waals surface area contributed by atoms with Gasteiger partial charge in [0, 0.05) is 13.1 Å². The average Bonchev–Trinajstić information content (AvgIpc) is 2.90. The third kappa shape index (κ3) is 5.39. The molecule has 0 saturated carbocycles. The number of aryl methyl sites for hydroxylation is 1. The Morgan fingerprint density at radius 3 is 2.49 bits per heavy atom. The van der Waals surface area contributed by atoms with Crippen LogP contribution in [0.1, 0.15) is 61.4 Å². The lowest BCUT2D eigenvalue weighted by Gasteiger charge is -2.33. The zero-order valence-corrected chi connectivity index (χ0v) is 21.2. The molecule has 0 aromatic heterocycles. The van der Waals surface area contributed by atoms with Crippen LogP contribution in [0.5, 0.6) is 11.5 Å². The van der Waals surface area contributed by atoms with E-state index in [1.807, 2.05) is 38.1 Å². The molecule has 0 radical (unpaired) electrons. The van der Waals surface area contributed by atoms with Gasteiger partial charge in [-0.25, -0.2) is 4.79 Å². The molecule has 7 heteroatoms. The number of fused-ring (bicyclic) bond motifs is 2. The van der Waals surface area contributed by atoms with Crippen molar-refractivity contribution in [2.75, 3.05) is 20.8 Å². The molecule has 188 valence electrons. The topological polar surface area (TPSA) is 79.9 Å². The van der Waals surface area contributed by atoms with Gasteiger partial charge in [0.15, 0.2) is 11.5 Å². The molecule has 2 aliphatic rings. The predicted octanol–water partition coefficient (Wildman–Crippen LogP) is 4.38. The molecule has 35 heavy (non-hydrogen) atoms. The molecule has 4 rings (SSSR count). The van der Waals surface area contributed by atoms with Crippen LogP contribution < -0.4 is 20.1 Å². The van der Waals surface area contributed by atoms with Crippen molar-refractivity contribution >= 4 is 11.9 Å². The van der Waals surface area contributed by atoms with Gasteiger partial charge in [0.25, 0.3) is 0 Å². The van der Waals surface area contributed by atoms with Gasteiger partial charge in [0.1, 0.15) is 6.04 Å². The number of urea groups is 1. The molecule has 0 spiro atoms. The zero-order chi connectivity index (χ0) is 24.9. The number of methoxy groups -OCH3 is 2. The van der Waals surface area contributed by atoms with Crippen molar-refractivity contribution < 1.29 is 19.1 Å². The molecule has 1 aliphatic carbocycles. The molecular formula is C28H37N3O4. The molecule has 0 bridgehead atoms. The molecule has 7 nitrogen and oxygen atoms in total. The third-order valence-electron chi connectivity index (χ3n) is 7.47. The maximum Gasteiger partial charge on any atom is 0.318 e. The number of hydrogen-bond donors (Lipinski definition) is 2. The smallest absolute Gasteiger partial charge is 0.318 e. The summed E-state index contributed by atoms with van der Waals surface area (Å²) in [5.74, 6) is 1.25. The summed E-state index contributed by atoms with van der Waals surface area (Å²) in [6.45, 7) is 5.11. The van der Waals surface area contributed by atoms with Gasteiger partial charge in [-0.05, 0) is 66.0 Å². The highest BCUT2D eigenvalue weighted by Crippen LogP contribution is 2.33. The number of amides is 3. The zero-order valence-electron chi connectivity index (χ0n) is 21.2. The van der Waals surface area contributed by atoms with Crippen molar-refractivity contribution in [1.29, 1.82) is 0 Å². The van der Waals surface area contributed by atoms with Gasteiger partial charge >= 0.3 is 6.03 Å². The Morgan fingerprint density at radius 2 is 1.77 bits per heavy atom. The van der Waals surface area contributed by atoms with Crippen LogP contribution in [0.2, 0.25) is 0 Å². The van der Waals surface area contributed by atoms with E-state index in [1.54, 1.807) is 19.1 Å². The first-order chi connectivity index (χ1) is 16.9. The molecule has 2 aromatic rings. The number of benzene rings is 2. The highest BCUT2D eigenvalue weighted by Gasteiger charge is 2.32. The summed E-state index contributed by atoms with van der Waals surface area (Å²) >= 11 is 0. The van der Waals surface area contributed by atoms with E-state index in [0.29, 0.717) is 24.6 Å². The van der Waals surface area contributed by atoms with Crippen LogP contribution in [0.4, 0.5) is 4.79 Å². The fourth-order valence-corrected chi connectivity index (χ4v) is 5.15. The summed E-state index contributed by atoms with van der Waals surface area (Å²) in [5.41, 5.74) is 4.68. The minimum absolute atomic E-state index is 0.0132. The quantitative estimate of drug-likeness (QED) is 0.618. The molecule has 2 N–H and O–H groups in total. The van der Waals surface area contributed by atoms with Gasteiger partial charge in [0.05, 0.1) is 20.3 Å². The fraction of sp³-hybridized carbons (Fsp3) is 0.500. The number of nitrogens with one attached hydrogen (secondary N) is 2. The Morgan fingerprint density at radius 1 is 1.06 bits per heavy atom. The van der Waals surface area contributed by atoms with Crippen molar-refractivity contribution in [2.45, 2.75) is 64.6 Å². The van der Waals surface area contributed by atoms with Crippen LogP contribution in [-0.4, -0.2) is 43.6 Å². The van der Waals surface area contributed by atoms with E-state index in [9.17, 15) is 9.59 Å². The molecule has 0 saturated heterocycles. The van der Waals surface area contributed by atoms with Crippen molar-refractivity contribution in [3.05, 3.63) is 58.7 Å². The lowest BCUT2D eigenvalue weighted by Crippen LogP contribution is -2.55. The Kier molecular flexibility index (Phi) is 7.83. The monoisotopic (exact) mass is 479 g/mol. The van der Waals surface area contributed by atoms with Crippen molar-refractivity contribution in [3.63, 3.8) is 0 Å². The Hall–Kier alpha value is -3.22. The second kappa shape index (κ2) is 11.0. The molecule has 0 fully saturated rings. The standard InChI is InChI=1S/C28H37N3O4/c1-5-18(2)26(27(32)29-23-12-8-10-19-9-6-7-11-22(19)23)30-28(33)31-14-13-20-15-24(34-3)25(35-4)16-21(20)17-31/h6-7,9,11,15-16,18,23,26H,5,8,10,12-14,17H2,1-4H3,(H,29,32)(H,30,33)/t18-,23-,26+/m0/s1. The molecule has 1 heterocycles. The van der Waals surface area contributed by atoms with Crippen LogP contribution in [0, 0.1) is 5.92 Å². The minimum atomic E-state index is -0.589. The van der Waals surface area contributed by atoms with Gasteiger partial charge < -0.3 is 25.0 Å². The fourth-order valence-electron chi connectivity index (χ4n) is 5.15. The highest BCUT2D eigenvalue weighted by atomic mass is 16.5. The number of ether oxygens (including phenoxy) is 2. The lowest BCUT2D eigenvalue weighted by atomic mass is 9.87. The second-order valence-electron chi connectivity index (χ2n) is 9.61. The Balaban J connectivity index is 1.46. The molecule has 3 atom stereocenters. The third-order valence-corrected chi connectivity index (χ3v) is 7.47. The van der Waals surface area contributed by atoms with Gasteiger partial charge in [-0.3, -0.25) is 4.79 Å². The Bertz CT molecular complexity index is 1070. The first kappa shape index (κ1) is 24.9. The second-order valence-corrected chi connectivity index (χ2v) is 9.61. The van der Waals surface area contributed by atoms with E-state index < -0.39 is 6.04 Å². The van der Waals surface area contributed by atoms with Gasteiger partial charge in [-0.2, -0.15) is 0 Å². The lowest BCUT2D eigenvalue weighted by molar-refractivity contribution is -0.125. The summed E-state index contributed by atoms with van der Waals surface area (Å²) in [7, 11) is 3.23. The maximum atomic E-state index is 13.4. The van der Waals surface area contributed by atoms with Crippen LogP contribution in [0.25, 0.3) is 0 Å². The first-order valence-electron chi connectivity index (χ1n) is 12.6. The van der Waals surface area contributed by atoms with Crippen molar-refractivity contribution in [3.8, 4) is 11.5 Å². The van der Waals surface area contributed by atoms with E-state index in [0.717, 1.165) is 43.2 Å². The molecule has 1 aliphatic heterocycles. The summed E-state index contributed by atoms with van der Waals surface area (Å²) in [4.78, 5) is 28.5. The van der Waals surface area contributed by atoms with Gasteiger partial charge in [-0.1, -0.05) is 44.5 Å². The number of carbonyl (C=O) groups is 2. The summed E-state index contributed by atoms with van der Waals surface area (Å²) in [6.07, 6.45) is 4.52. The summed E-state index contributed by atoms with van der Waals surface area (Å²) in [6, 6.07) is 11.4. The van der Waals surface area contributed by atoms with Gasteiger partial charge in [0.2, 0.25) is 5.91 Å². The van der Waals surface area contributed by atoms with Crippen LogP contribution in [0.15, 0.2) is 36.4 Å². The summed E-state index contributed by atoms with van der Waals surface area (Å²) < 4.78 is 10.9. The number of carbonyl (C=O) groups excluding carboxylic acids is 2. The van der Waals surface area contributed by atoms with E-state index in [4.69, 9.17) is 9.47 Å². The maximum absolute atomic E-state index is 13.4. The average molecular weight is 480 g/mol. The van der Waals surface area contributed by atoms with Crippen LogP contribution in [-0.2, 0) is 24.2 Å². The normalized spacial score (nSPS) is 18.5. The minimum Gasteiger partial charge on any atom is -0.493 e. The van der Waals surface area contributed by atoms with E-state index in [1.165, 1.54) is 11.1 Å². The number of nitrogens with zero attached hydrogens (tertiary/aromatic N) is 1. The highest BCUT2D eigenvalue weighted by molar-refractivity contribution is 5.87.